The molecule has 0 atom stereocenters. The highest BCUT2D eigenvalue weighted by molar-refractivity contribution is 6.32. The molecule has 4 nitrogen and oxygen atoms in total. The molecule has 0 spiro atoms. The Morgan fingerprint density at radius 3 is 2.73 bits per heavy atom. The second-order valence-electron chi connectivity index (χ2n) is 2.98. The van der Waals surface area contributed by atoms with E-state index in [1.807, 2.05) is 0 Å². The lowest BCUT2D eigenvalue weighted by molar-refractivity contribution is -0.117. The minimum atomic E-state index is -0.170. The van der Waals surface area contributed by atoms with Gasteiger partial charge in [0, 0.05) is 12.7 Å². The van der Waals surface area contributed by atoms with Crippen molar-refractivity contribution in [1.29, 1.82) is 0 Å². The van der Waals surface area contributed by atoms with Crippen LogP contribution >= 0.6 is 11.6 Å². The Bertz CT molecular complexity index is 368. The average molecular weight is 229 g/mol. The van der Waals surface area contributed by atoms with E-state index in [0.29, 0.717) is 16.5 Å². The van der Waals surface area contributed by atoms with Crippen molar-refractivity contribution in [3.63, 3.8) is 0 Å². The van der Waals surface area contributed by atoms with Crippen molar-refractivity contribution in [1.82, 2.24) is 0 Å². The number of methoxy groups -OCH3 is 1. The molecule has 0 saturated carbocycles. The number of hydrogen-bond acceptors (Lipinski definition) is 3. The van der Waals surface area contributed by atoms with Crippen LogP contribution in [0.15, 0.2) is 18.2 Å². The van der Waals surface area contributed by atoms with Gasteiger partial charge >= 0.3 is 0 Å². The number of amides is 1. The lowest BCUT2D eigenvalue weighted by atomic mass is 10.2. The van der Waals surface area contributed by atoms with Crippen molar-refractivity contribution >= 4 is 23.2 Å². The summed E-state index contributed by atoms with van der Waals surface area (Å²) in [6.07, 6.45) is 0. The molecule has 1 amide bonds. The van der Waals surface area contributed by atoms with Crippen LogP contribution in [-0.4, -0.2) is 26.6 Å². The maximum absolute atomic E-state index is 11.3. The summed E-state index contributed by atoms with van der Waals surface area (Å²) in [5.41, 5.74) is 5.95. The summed E-state index contributed by atoms with van der Waals surface area (Å²) >= 11 is 5.93. The Morgan fingerprint density at radius 1 is 1.60 bits per heavy atom. The number of halogens is 1. The Hall–Kier alpha value is -1.26. The topological polar surface area (TPSA) is 55.6 Å². The highest BCUT2D eigenvalue weighted by atomic mass is 35.5. The van der Waals surface area contributed by atoms with Gasteiger partial charge in [-0.15, -0.1) is 0 Å². The zero-order chi connectivity index (χ0) is 11.4. The molecule has 1 aromatic rings. The van der Waals surface area contributed by atoms with Gasteiger partial charge in [0.25, 0.3) is 0 Å². The molecule has 82 valence electrons. The summed E-state index contributed by atoms with van der Waals surface area (Å²) in [5.74, 6) is 0.408. The quantitative estimate of drug-likeness (QED) is 0.848. The van der Waals surface area contributed by atoms with Crippen LogP contribution in [0.1, 0.15) is 0 Å². The largest absolute Gasteiger partial charge is 0.495 e. The van der Waals surface area contributed by atoms with Gasteiger partial charge in [0.05, 0.1) is 18.7 Å². The first-order chi connectivity index (χ1) is 7.10. The molecule has 1 aromatic carbocycles. The van der Waals surface area contributed by atoms with Crippen molar-refractivity contribution in [3.05, 3.63) is 23.2 Å². The number of likely N-dealkylation sites (N-methyl/N-ethyl adjacent to an activating group) is 1. The zero-order valence-corrected chi connectivity index (χ0v) is 9.41. The predicted octanol–water partition coefficient (Wildman–Crippen LogP) is 1.27. The van der Waals surface area contributed by atoms with Gasteiger partial charge in [-0.1, -0.05) is 11.6 Å². The maximum Gasteiger partial charge on any atom is 0.240 e. The number of benzene rings is 1. The predicted molar refractivity (Wildman–Crippen MR) is 60.5 cm³/mol. The third-order valence-corrected chi connectivity index (χ3v) is 2.37. The number of nitrogens with two attached hydrogens (primary N) is 1. The molecule has 5 heteroatoms. The molecular formula is C10H13ClN2O2. The van der Waals surface area contributed by atoms with Gasteiger partial charge < -0.3 is 15.4 Å². The van der Waals surface area contributed by atoms with Gasteiger partial charge in [0.2, 0.25) is 5.91 Å². The number of ether oxygens (including phenoxy) is 1. The third kappa shape index (κ3) is 2.61. The molecule has 0 aliphatic carbocycles. The first-order valence-electron chi connectivity index (χ1n) is 4.40. The van der Waals surface area contributed by atoms with Crippen LogP contribution in [-0.2, 0) is 4.79 Å². The molecule has 0 radical (unpaired) electrons. The molecule has 0 heterocycles. The number of carbonyl (C=O) groups is 1. The van der Waals surface area contributed by atoms with Gasteiger partial charge in [0.15, 0.2) is 0 Å². The Kier molecular flexibility index (Phi) is 3.94. The molecule has 1 rings (SSSR count). The smallest absolute Gasteiger partial charge is 0.240 e. The molecule has 0 saturated heterocycles. The molecule has 0 aliphatic rings. The van der Waals surface area contributed by atoms with Crippen LogP contribution in [0.5, 0.6) is 5.75 Å². The number of anilines is 1. The summed E-state index contributed by atoms with van der Waals surface area (Å²) in [5, 5.41) is 0.465. The van der Waals surface area contributed by atoms with Gasteiger partial charge in [-0.2, -0.15) is 0 Å². The van der Waals surface area contributed by atoms with E-state index in [1.54, 1.807) is 25.2 Å². The van der Waals surface area contributed by atoms with E-state index < -0.39 is 0 Å². The molecular weight excluding hydrogens is 216 g/mol. The Labute approximate surface area is 93.6 Å². The highest BCUT2D eigenvalue weighted by Crippen LogP contribution is 2.28. The number of rotatable bonds is 3. The van der Waals surface area contributed by atoms with Crippen LogP contribution in [0.25, 0.3) is 0 Å². The van der Waals surface area contributed by atoms with Crippen LogP contribution in [0.3, 0.4) is 0 Å². The number of carbonyl (C=O) groups excluding carboxylic acids is 1. The molecule has 0 aliphatic heterocycles. The van der Waals surface area contributed by atoms with Crippen LogP contribution < -0.4 is 15.4 Å². The van der Waals surface area contributed by atoms with Gasteiger partial charge in [-0.05, 0) is 18.2 Å². The van der Waals surface area contributed by atoms with Crippen LogP contribution in [0.4, 0.5) is 5.69 Å². The van der Waals surface area contributed by atoms with E-state index in [0.717, 1.165) is 0 Å². The lowest BCUT2D eigenvalue weighted by Gasteiger charge is -2.17. The number of nitrogens with zero attached hydrogens (tertiary/aromatic N) is 1. The van der Waals surface area contributed by atoms with E-state index >= 15 is 0 Å². The van der Waals surface area contributed by atoms with E-state index in [-0.39, 0.29) is 12.5 Å². The molecule has 0 fully saturated rings. The minimum Gasteiger partial charge on any atom is -0.495 e. The van der Waals surface area contributed by atoms with Crippen molar-refractivity contribution in [3.8, 4) is 5.75 Å². The normalized spacial score (nSPS) is 9.87. The lowest BCUT2D eigenvalue weighted by Crippen LogP contribution is -2.32. The SMILES string of the molecule is COc1ccc(N(C)C(=O)CN)cc1Cl. The van der Waals surface area contributed by atoms with Gasteiger partial charge in [-0.3, -0.25) is 4.79 Å². The second-order valence-corrected chi connectivity index (χ2v) is 3.38. The molecule has 0 bridgehead atoms. The fourth-order valence-electron chi connectivity index (χ4n) is 1.14. The highest BCUT2D eigenvalue weighted by Gasteiger charge is 2.10. The van der Waals surface area contributed by atoms with Crippen molar-refractivity contribution < 1.29 is 9.53 Å². The van der Waals surface area contributed by atoms with Crippen molar-refractivity contribution in [2.24, 2.45) is 5.73 Å². The summed E-state index contributed by atoms with van der Waals surface area (Å²) < 4.78 is 5.01. The van der Waals surface area contributed by atoms with E-state index in [1.165, 1.54) is 12.0 Å². The van der Waals surface area contributed by atoms with Crippen LogP contribution in [0.2, 0.25) is 5.02 Å². The minimum absolute atomic E-state index is 0.0276. The molecule has 0 unspecified atom stereocenters. The van der Waals surface area contributed by atoms with E-state index in [2.05, 4.69) is 0 Å². The molecule has 2 N–H and O–H groups in total. The third-order valence-electron chi connectivity index (χ3n) is 2.07. The summed E-state index contributed by atoms with van der Waals surface area (Å²) in [6, 6.07) is 5.12. The molecule has 0 aromatic heterocycles. The first-order valence-corrected chi connectivity index (χ1v) is 4.78. The first kappa shape index (κ1) is 11.8. The maximum atomic E-state index is 11.3. The Morgan fingerprint density at radius 2 is 2.27 bits per heavy atom. The summed E-state index contributed by atoms with van der Waals surface area (Å²) in [4.78, 5) is 12.8. The number of hydrogen-bond donors (Lipinski definition) is 1. The van der Waals surface area contributed by atoms with Crippen LogP contribution in [0, 0.1) is 0 Å². The van der Waals surface area contributed by atoms with Gasteiger partial charge in [0.1, 0.15) is 5.75 Å². The summed E-state index contributed by atoms with van der Waals surface area (Å²) in [7, 11) is 3.18. The fraction of sp³-hybridized carbons (Fsp3) is 0.300. The average Bonchev–Trinajstić information content (AvgIpc) is 2.26. The monoisotopic (exact) mass is 228 g/mol. The zero-order valence-electron chi connectivity index (χ0n) is 8.66. The fourth-order valence-corrected chi connectivity index (χ4v) is 1.40. The second kappa shape index (κ2) is 5.00. The standard InChI is InChI=1S/C10H13ClN2O2/c1-13(10(14)6-12)7-3-4-9(15-2)8(11)5-7/h3-5H,6,12H2,1-2H3. The van der Waals surface area contributed by atoms with Crippen molar-refractivity contribution in [2.45, 2.75) is 0 Å². The summed E-state index contributed by atoms with van der Waals surface area (Å²) in [6.45, 7) is -0.0276. The molecule has 15 heavy (non-hydrogen) atoms. The van der Waals surface area contributed by atoms with E-state index in [4.69, 9.17) is 22.1 Å². The van der Waals surface area contributed by atoms with Gasteiger partial charge in [-0.25, -0.2) is 0 Å². The Balaban J connectivity index is 2.97. The van der Waals surface area contributed by atoms with Crippen molar-refractivity contribution in [2.75, 3.05) is 25.6 Å². The van der Waals surface area contributed by atoms with E-state index in [9.17, 15) is 4.79 Å².